The van der Waals surface area contributed by atoms with Gasteiger partial charge >= 0.3 is 17.6 Å². The van der Waals surface area contributed by atoms with Gasteiger partial charge in [-0.1, -0.05) is 0 Å². The number of allylic oxidation sites excluding steroid dienone is 2. The van der Waals surface area contributed by atoms with E-state index in [0.29, 0.717) is 22.4 Å². The fourth-order valence-electron chi connectivity index (χ4n) is 4.17. The molecular weight excluding hydrogens is 412 g/mol. The minimum absolute atomic E-state index is 0.157. The van der Waals surface area contributed by atoms with E-state index in [4.69, 9.17) is 13.9 Å². The van der Waals surface area contributed by atoms with Crippen LogP contribution in [-0.4, -0.2) is 39.2 Å². The molecule has 0 fully saturated rings. The molecule has 0 saturated heterocycles. The number of hydrogen-bond donors (Lipinski definition) is 1. The number of hydrogen-bond acceptors (Lipinski definition) is 8. The van der Waals surface area contributed by atoms with E-state index in [1.54, 1.807) is 19.9 Å². The molecule has 0 radical (unpaired) electrons. The van der Waals surface area contributed by atoms with Crippen LogP contribution in [-0.2, 0) is 19.1 Å². The Bertz CT molecular complexity index is 1150. The first-order valence-corrected chi connectivity index (χ1v) is 10.4. The van der Waals surface area contributed by atoms with E-state index < -0.39 is 23.5 Å². The van der Waals surface area contributed by atoms with Crippen molar-refractivity contribution in [3.05, 3.63) is 62.8 Å². The fourth-order valence-corrected chi connectivity index (χ4v) is 4.17. The van der Waals surface area contributed by atoms with E-state index in [1.807, 2.05) is 18.2 Å². The summed E-state index contributed by atoms with van der Waals surface area (Å²) >= 11 is 0. The van der Waals surface area contributed by atoms with Crippen molar-refractivity contribution in [1.29, 1.82) is 0 Å². The van der Waals surface area contributed by atoms with Gasteiger partial charge in [-0.2, -0.15) is 0 Å². The van der Waals surface area contributed by atoms with Crippen molar-refractivity contribution in [2.75, 3.05) is 32.2 Å². The molecule has 0 saturated carbocycles. The molecule has 2 heterocycles. The molecule has 3 rings (SSSR count). The first-order chi connectivity index (χ1) is 15.3. The van der Waals surface area contributed by atoms with Crippen molar-refractivity contribution in [3.63, 3.8) is 0 Å². The van der Waals surface area contributed by atoms with Gasteiger partial charge in [0.2, 0.25) is 0 Å². The number of anilines is 1. The predicted octanol–water partition coefficient (Wildman–Crippen LogP) is 3.22. The zero-order valence-electron chi connectivity index (χ0n) is 19.2. The van der Waals surface area contributed by atoms with Crippen molar-refractivity contribution in [2.24, 2.45) is 0 Å². The second-order valence-electron chi connectivity index (χ2n) is 7.50. The van der Waals surface area contributed by atoms with E-state index in [2.05, 4.69) is 24.1 Å². The molecule has 2 aromatic rings. The zero-order valence-corrected chi connectivity index (χ0v) is 19.2. The Morgan fingerprint density at radius 2 is 1.56 bits per heavy atom. The molecule has 0 atom stereocenters. The monoisotopic (exact) mass is 440 g/mol. The van der Waals surface area contributed by atoms with Crippen LogP contribution in [0.25, 0.3) is 11.0 Å². The van der Waals surface area contributed by atoms with Crippen LogP contribution in [0.2, 0.25) is 0 Å². The molecule has 8 heteroatoms. The Morgan fingerprint density at radius 1 is 1.00 bits per heavy atom. The van der Waals surface area contributed by atoms with Crippen molar-refractivity contribution in [3.8, 4) is 0 Å². The Hall–Kier alpha value is -3.55. The third-order valence-electron chi connectivity index (χ3n) is 5.76. The lowest BCUT2D eigenvalue weighted by Gasteiger charge is -2.29. The lowest BCUT2D eigenvalue weighted by Crippen LogP contribution is -2.34. The summed E-state index contributed by atoms with van der Waals surface area (Å²) in [4.78, 5) is 40.6. The minimum atomic E-state index is -0.987. The van der Waals surface area contributed by atoms with Gasteiger partial charge in [0, 0.05) is 41.6 Å². The van der Waals surface area contributed by atoms with Gasteiger partial charge in [-0.3, -0.25) is 0 Å². The molecule has 1 aromatic heterocycles. The summed E-state index contributed by atoms with van der Waals surface area (Å²) in [7, 11) is 2.50. The highest BCUT2D eigenvalue weighted by molar-refractivity contribution is 6.00. The quantitative estimate of drug-likeness (QED) is 0.540. The molecule has 1 aliphatic heterocycles. The van der Waals surface area contributed by atoms with Gasteiger partial charge in [-0.25, -0.2) is 14.4 Å². The molecule has 1 aliphatic rings. The smallest absolute Gasteiger partial charge is 0.340 e. The largest absolute Gasteiger partial charge is 0.466 e. The molecular formula is C24H28N2O6. The summed E-state index contributed by atoms with van der Waals surface area (Å²) < 4.78 is 15.6. The van der Waals surface area contributed by atoms with E-state index in [0.717, 1.165) is 18.8 Å². The summed E-state index contributed by atoms with van der Waals surface area (Å²) in [6.45, 7) is 9.12. The van der Waals surface area contributed by atoms with Crippen LogP contribution >= 0.6 is 0 Å². The summed E-state index contributed by atoms with van der Waals surface area (Å²) in [6, 6.07) is 7.29. The predicted molar refractivity (Wildman–Crippen MR) is 121 cm³/mol. The maximum Gasteiger partial charge on any atom is 0.340 e. The number of rotatable bonds is 6. The van der Waals surface area contributed by atoms with Gasteiger partial charge in [0.05, 0.1) is 36.8 Å². The molecule has 170 valence electrons. The lowest BCUT2D eigenvalue weighted by molar-refractivity contribution is -0.137. The van der Waals surface area contributed by atoms with Crippen molar-refractivity contribution in [2.45, 2.75) is 33.6 Å². The standard InChI is InChI=1S/C24H28N2O6/c1-7-26(8-2)16-10-9-15-11-17(22(27)32-18(15)12-16)21-19(23(28)30-5)13(3)25-14(4)20(21)24(29)31-6/h9-12,21,25H,7-8H2,1-6H3. The summed E-state index contributed by atoms with van der Waals surface area (Å²) in [5.74, 6) is -2.28. The zero-order chi connectivity index (χ0) is 23.6. The average molecular weight is 440 g/mol. The van der Waals surface area contributed by atoms with Gasteiger partial charge < -0.3 is 24.1 Å². The Balaban J connectivity index is 2.26. The Kier molecular flexibility index (Phi) is 6.72. The van der Waals surface area contributed by atoms with Gasteiger partial charge in [0.15, 0.2) is 0 Å². The highest BCUT2D eigenvalue weighted by Crippen LogP contribution is 2.38. The topological polar surface area (TPSA) is 98.1 Å². The number of nitrogens with one attached hydrogen (secondary N) is 1. The molecule has 32 heavy (non-hydrogen) atoms. The minimum Gasteiger partial charge on any atom is -0.466 e. The summed E-state index contributed by atoms with van der Waals surface area (Å²) in [6.07, 6.45) is 0. The second-order valence-corrected chi connectivity index (χ2v) is 7.50. The van der Waals surface area contributed by atoms with Crippen LogP contribution in [0.3, 0.4) is 0 Å². The van der Waals surface area contributed by atoms with Crippen LogP contribution in [0.5, 0.6) is 0 Å². The first kappa shape index (κ1) is 23.1. The summed E-state index contributed by atoms with van der Waals surface area (Å²) in [5, 5.41) is 3.70. The first-order valence-electron chi connectivity index (χ1n) is 10.4. The number of fused-ring (bicyclic) bond motifs is 1. The number of carbonyl (C=O) groups is 2. The molecule has 0 aliphatic carbocycles. The highest BCUT2D eigenvalue weighted by Gasteiger charge is 2.39. The SMILES string of the molecule is CCN(CC)c1ccc2cc(C3C(C(=O)OC)=C(C)NC(C)=C3C(=O)OC)c(=O)oc2c1. The van der Waals surface area contributed by atoms with Crippen LogP contribution in [0, 0.1) is 0 Å². The third-order valence-corrected chi connectivity index (χ3v) is 5.76. The third kappa shape index (κ3) is 4.00. The van der Waals surface area contributed by atoms with E-state index in [-0.39, 0.29) is 16.7 Å². The second kappa shape index (κ2) is 9.30. The van der Waals surface area contributed by atoms with Crippen LogP contribution < -0.4 is 15.8 Å². The Morgan fingerprint density at radius 3 is 2.06 bits per heavy atom. The average Bonchev–Trinajstić information content (AvgIpc) is 2.78. The number of dihydropyridines is 1. The maximum atomic E-state index is 13.1. The number of carbonyl (C=O) groups excluding carboxylic acids is 2. The highest BCUT2D eigenvalue weighted by atomic mass is 16.5. The van der Waals surface area contributed by atoms with Gasteiger partial charge in [0.25, 0.3) is 0 Å². The number of nitrogens with zero attached hydrogens (tertiary/aromatic N) is 1. The molecule has 1 aromatic carbocycles. The van der Waals surface area contributed by atoms with Gasteiger partial charge in [0.1, 0.15) is 5.58 Å². The molecule has 0 amide bonds. The molecule has 0 unspecified atom stereocenters. The van der Waals surface area contributed by atoms with Crippen molar-refractivity contribution >= 4 is 28.6 Å². The van der Waals surface area contributed by atoms with E-state index >= 15 is 0 Å². The van der Waals surface area contributed by atoms with Gasteiger partial charge in [-0.05, 0) is 45.9 Å². The molecule has 1 N–H and O–H groups in total. The van der Waals surface area contributed by atoms with Gasteiger partial charge in [-0.15, -0.1) is 0 Å². The Labute approximate surface area is 186 Å². The molecule has 8 nitrogen and oxygen atoms in total. The number of benzene rings is 1. The number of esters is 2. The van der Waals surface area contributed by atoms with Crippen LogP contribution in [0.4, 0.5) is 5.69 Å². The molecule has 0 spiro atoms. The van der Waals surface area contributed by atoms with Crippen LogP contribution in [0.15, 0.2) is 56.0 Å². The molecule has 0 bridgehead atoms. The lowest BCUT2D eigenvalue weighted by atomic mass is 9.80. The van der Waals surface area contributed by atoms with E-state index in [9.17, 15) is 14.4 Å². The number of ether oxygens (including phenoxy) is 2. The van der Waals surface area contributed by atoms with Crippen LogP contribution in [0.1, 0.15) is 39.2 Å². The number of methoxy groups -OCH3 is 2. The maximum absolute atomic E-state index is 13.1. The normalized spacial score (nSPS) is 14.4. The van der Waals surface area contributed by atoms with Crippen molar-refractivity contribution in [1.82, 2.24) is 5.32 Å². The van der Waals surface area contributed by atoms with E-state index in [1.165, 1.54) is 14.2 Å². The van der Waals surface area contributed by atoms with Crippen molar-refractivity contribution < 1.29 is 23.5 Å². The summed E-state index contributed by atoms with van der Waals surface area (Å²) in [5.41, 5.74) is 2.19. The fraction of sp³-hybridized carbons (Fsp3) is 0.375.